The first-order chi connectivity index (χ1) is 53.5. The molecule has 7 aliphatic rings. The van der Waals surface area contributed by atoms with Crippen LogP contribution in [0.1, 0.15) is 82.1 Å². The summed E-state index contributed by atoms with van der Waals surface area (Å²) in [6.07, 6.45) is -11.6. The van der Waals surface area contributed by atoms with Crippen LogP contribution in [0.15, 0.2) is 35.1 Å². The van der Waals surface area contributed by atoms with Gasteiger partial charge in [0.1, 0.15) is 36.6 Å². The Bertz CT molecular complexity index is 3310. The van der Waals surface area contributed by atoms with Gasteiger partial charge in [-0.15, -0.1) is 0 Å². The fourth-order valence-electron chi connectivity index (χ4n) is 13.7. The molecule has 19 atom stereocenters. The molecule has 0 radical (unpaired) electrons. The molecule has 36 heteroatoms. The van der Waals surface area contributed by atoms with Gasteiger partial charge in [-0.05, 0) is 114 Å². The second kappa shape index (κ2) is 47.7. The number of ether oxygens (including phenoxy) is 18. The van der Waals surface area contributed by atoms with Crippen molar-refractivity contribution in [3.63, 3.8) is 0 Å². The van der Waals surface area contributed by atoms with Crippen LogP contribution in [0.4, 0.5) is 4.79 Å². The maximum atomic E-state index is 14.6. The van der Waals surface area contributed by atoms with Gasteiger partial charge in [0.2, 0.25) is 17.2 Å². The van der Waals surface area contributed by atoms with Crippen LogP contribution in [0.2, 0.25) is 0 Å². The highest BCUT2D eigenvalue weighted by atomic mass is 127. The summed E-state index contributed by atoms with van der Waals surface area (Å²) >= 11 is 2.83. The van der Waals surface area contributed by atoms with E-state index < -0.39 is 133 Å². The molecule has 2 aliphatic carbocycles. The molecule has 1 aromatic rings. The average Bonchev–Trinajstić information content (AvgIpc) is 0.760. The van der Waals surface area contributed by atoms with Gasteiger partial charge in [0, 0.05) is 68.9 Å². The topological polar surface area (TPSA) is 384 Å². The number of nitrogens with one attached hydrogen (secondary N) is 2. The fourth-order valence-corrected chi connectivity index (χ4v) is 18.0. The number of carbonyl (C=O) groups is 3. The molecule has 1 aromatic carbocycles. The van der Waals surface area contributed by atoms with E-state index in [-0.39, 0.29) is 65.1 Å². The van der Waals surface area contributed by atoms with Crippen LogP contribution in [0.5, 0.6) is 17.2 Å². The predicted molar refractivity (Wildman–Crippen MR) is 419 cm³/mol. The molecule has 5 aliphatic heterocycles. The van der Waals surface area contributed by atoms with E-state index in [9.17, 15) is 39.9 Å². The number of Topliss-reactive ketones (excluding diaryl/α,β-unsaturated/α-hetero) is 1. The number of benzene rings is 1. The Morgan fingerprint density at radius 2 is 1.41 bits per heavy atom. The molecule has 2 bridgehead atoms. The Morgan fingerprint density at radius 3 is 2.03 bits per heavy atom. The molecule has 626 valence electrons. The van der Waals surface area contributed by atoms with Gasteiger partial charge >= 0.3 is 6.09 Å². The van der Waals surface area contributed by atoms with Crippen molar-refractivity contribution in [1.29, 1.82) is 0 Å². The van der Waals surface area contributed by atoms with E-state index in [4.69, 9.17) is 95.8 Å². The summed E-state index contributed by atoms with van der Waals surface area (Å²) in [5.74, 6) is 11.6. The number of nitrogens with zero attached hydrogens (tertiary/aromatic N) is 2. The second-order valence-corrected chi connectivity index (χ2v) is 32.2. The number of carbonyl (C=O) groups excluding carboxylic acids is 3. The number of aliphatic hydroxyl groups excluding tert-OH is 4. The predicted octanol–water partition coefficient (Wildman–Crippen LogP) is 3.17. The number of likely N-dealkylation sites (N-methyl/N-ethyl adjacent to an activating group) is 1. The van der Waals surface area contributed by atoms with Crippen LogP contribution in [0, 0.1) is 34.2 Å². The van der Waals surface area contributed by atoms with Crippen molar-refractivity contribution in [1.82, 2.24) is 20.6 Å². The third-order valence-corrected chi connectivity index (χ3v) is 25.3. The van der Waals surface area contributed by atoms with Gasteiger partial charge < -0.3 is 121 Å². The third-order valence-electron chi connectivity index (χ3n) is 19.8. The first-order valence-electron chi connectivity index (χ1n) is 37.6. The Kier molecular flexibility index (Phi) is 39.9. The smallest absolute Gasteiger partial charge is 0.411 e. The lowest BCUT2D eigenvalue weighted by atomic mass is 9.75. The van der Waals surface area contributed by atoms with E-state index in [2.05, 4.69) is 51.3 Å². The molecular weight excluding hydrogens is 1630 g/mol. The zero-order chi connectivity index (χ0) is 80.2. The lowest BCUT2D eigenvalue weighted by molar-refractivity contribution is -0.337. The van der Waals surface area contributed by atoms with Crippen molar-refractivity contribution >= 4 is 72.9 Å². The Morgan fingerprint density at radius 1 is 0.775 bits per heavy atom. The van der Waals surface area contributed by atoms with Crippen molar-refractivity contribution in [3.05, 3.63) is 49.8 Å². The number of halogens is 1. The van der Waals surface area contributed by atoms with Crippen LogP contribution in [-0.4, -0.2) is 340 Å². The SMILES string of the molecule is CCN(CCCOCCOCCOCCOCCOCCOCCN)[C@H]1CO[C@@H](O[C@H]2[C@H](O[C@H]3C#CC=CC#C[C@]4(O)CC(=O)C(NC(=O)OC)=C3/C4=C\CSSC3CCN(C)CC3)O[C@H](C)[C@@H](NO[C@H]3C[C@H](O)[C@H](SC(=O)c4c(C)c(I)c(O[C@@H]5O[C@@H](C)[C@H](O)[C@@H](OC)[C@H]5O)c(OC)c4OC)[C@@H](C)O3)[C@@H]2O)C[C@@H]1OC. The number of hydrogen-bond donors (Lipinski definition) is 8. The first-order valence-corrected chi connectivity index (χ1v) is 41.9. The van der Waals surface area contributed by atoms with Crippen LogP contribution in [-0.2, 0) is 80.7 Å². The van der Waals surface area contributed by atoms with Crippen molar-refractivity contribution in [2.45, 2.75) is 194 Å². The molecule has 0 saturated carbocycles. The van der Waals surface area contributed by atoms with Gasteiger partial charge in [0.05, 0.1) is 170 Å². The number of amides is 1. The molecule has 9 N–H and O–H groups in total. The summed E-state index contributed by atoms with van der Waals surface area (Å²) in [6, 6.07) is -1.37. The van der Waals surface area contributed by atoms with E-state index in [1.807, 2.05) is 29.5 Å². The number of fused-ring (bicyclic) bond motifs is 2. The quantitative estimate of drug-likeness (QED) is 0.0153. The van der Waals surface area contributed by atoms with Crippen molar-refractivity contribution in [2.75, 3.05) is 167 Å². The normalized spacial score (nSPS) is 31.1. The number of rotatable bonds is 43. The minimum Gasteiger partial charge on any atom is -0.492 e. The number of piperidine rings is 1. The minimum atomic E-state index is -2.09. The summed E-state index contributed by atoms with van der Waals surface area (Å²) in [7, 11) is 12.3. The standard InChI is InChI=1S/C75H114IN5O27S3/c1-12-81(24-17-27-95-29-31-97-33-35-99-37-38-100-36-34-98-32-30-96-28-23-77)50-43-101-55(41-54(50)90-7)106-68-63(85)60(45(3)103-73(68)105-53-18-15-13-14-16-22-75(89)42-52(83)61(78-74(88)94-11)58(53)49(75)21-39-109-111-48-19-25-80(6)26-20-48)79-108-56-40-51(82)70(47(5)102-56)110-71(87)57-44(2)59(76)66(69(93-10)65(57)91-8)107-72-64(86)67(92-9)62(84)46(4)104-72/h13-14,21,45-48,50-51,53-56,60,62-64,67-68,70,72-73,79,82,84-86,89H,12,17,19-20,23-43,77H2,1-11H3,(H,78,88)/b14-13?,49-21+/t45-,46+,47-,50+,51+,53+,54+,55+,56+,60-,62+,63+,64-,67-,68-,70-,72+,73+,75+/m1/s1. The molecule has 5 heterocycles. The van der Waals surface area contributed by atoms with Gasteiger partial charge in [0.15, 0.2) is 41.8 Å². The summed E-state index contributed by atoms with van der Waals surface area (Å²) in [6.45, 7) is 18.0. The van der Waals surface area contributed by atoms with Gasteiger partial charge in [-0.1, -0.05) is 70.0 Å². The Labute approximate surface area is 676 Å². The van der Waals surface area contributed by atoms with E-state index in [0.29, 0.717) is 125 Å². The molecule has 0 unspecified atom stereocenters. The number of hydrogen-bond acceptors (Lipinski definition) is 34. The highest BCUT2D eigenvalue weighted by molar-refractivity contribution is 14.1. The largest absolute Gasteiger partial charge is 0.492 e. The number of ketones is 1. The van der Waals surface area contributed by atoms with E-state index in [1.165, 1.54) is 33.5 Å². The molecule has 111 heavy (non-hydrogen) atoms. The van der Waals surface area contributed by atoms with Crippen LogP contribution in [0.3, 0.4) is 0 Å². The zero-order valence-corrected chi connectivity index (χ0v) is 69.8. The molecule has 32 nitrogen and oxygen atoms in total. The van der Waals surface area contributed by atoms with Crippen LogP contribution in [0.25, 0.3) is 0 Å². The monoisotopic (exact) mass is 1740 g/mol. The van der Waals surface area contributed by atoms with Gasteiger partial charge in [-0.2, -0.15) is 5.48 Å². The van der Waals surface area contributed by atoms with Crippen LogP contribution >= 0.6 is 55.9 Å². The highest BCUT2D eigenvalue weighted by Crippen LogP contribution is 2.49. The molecular formula is C75H114IN5O27S3. The summed E-state index contributed by atoms with van der Waals surface area (Å²) < 4.78 is 108. The van der Waals surface area contributed by atoms with Crippen molar-refractivity contribution < 1.29 is 130 Å². The van der Waals surface area contributed by atoms with E-state index in [0.717, 1.165) is 44.8 Å². The summed E-state index contributed by atoms with van der Waals surface area (Å²) in [4.78, 5) is 53.1. The maximum absolute atomic E-state index is 14.6. The minimum absolute atomic E-state index is 0.0135. The summed E-state index contributed by atoms with van der Waals surface area (Å²) in [5.41, 5.74) is 6.72. The van der Waals surface area contributed by atoms with Gasteiger partial charge in [0.25, 0.3) is 0 Å². The fraction of sp³-hybridized carbons (Fsp3) is 0.747. The maximum Gasteiger partial charge on any atom is 0.411 e. The molecule has 5 fully saturated rings. The molecule has 1 amide bonds. The lowest BCUT2D eigenvalue weighted by Crippen LogP contribution is -2.65. The Balaban J connectivity index is 0.957. The average molecular weight is 1740 g/mol. The third kappa shape index (κ3) is 26.2. The molecule has 8 rings (SSSR count). The van der Waals surface area contributed by atoms with E-state index >= 15 is 0 Å². The number of nitrogens with two attached hydrogens (primary N) is 1. The number of likely N-dealkylation sites (tertiary alicyclic amines) is 1. The zero-order valence-electron chi connectivity index (χ0n) is 65.2. The first kappa shape index (κ1) is 92.9. The second-order valence-electron chi connectivity index (χ2n) is 27.3. The van der Waals surface area contributed by atoms with E-state index in [1.54, 1.807) is 62.5 Å². The van der Waals surface area contributed by atoms with Crippen molar-refractivity contribution in [3.8, 4) is 40.9 Å². The molecule has 0 aromatic heterocycles. The molecule has 0 spiro atoms. The van der Waals surface area contributed by atoms with Crippen molar-refractivity contribution in [2.24, 2.45) is 5.73 Å². The number of aliphatic hydroxyl groups is 5. The van der Waals surface area contributed by atoms with Gasteiger partial charge in [-0.25, -0.2) is 4.79 Å². The highest BCUT2D eigenvalue weighted by Gasteiger charge is 2.53. The number of thioether (sulfide) groups is 1. The number of allylic oxidation sites excluding steroid dienone is 3. The Hall–Kier alpha value is -3.61. The lowest BCUT2D eigenvalue weighted by Gasteiger charge is -2.47. The van der Waals surface area contributed by atoms with Gasteiger partial charge in [-0.3, -0.25) is 24.6 Å². The van der Waals surface area contributed by atoms with Crippen LogP contribution < -0.4 is 30.7 Å². The molecule has 5 saturated heterocycles. The number of methoxy groups -OCH3 is 5. The number of alkyl carbamates (subject to hydrolysis) is 1. The summed E-state index contributed by atoms with van der Waals surface area (Å²) in [5, 5.41) is 60.9. The number of hydroxylamine groups is 1.